The minimum Gasteiger partial charge on any atom is -0.435 e. The van der Waals surface area contributed by atoms with Gasteiger partial charge in [-0.05, 0) is 39.7 Å². The van der Waals surface area contributed by atoms with Gasteiger partial charge in [-0.25, -0.2) is 0 Å². The Morgan fingerprint density at radius 3 is 2.32 bits per heavy atom. The second kappa shape index (κ2) is 6.52. The van der Waals surface area contributed by atoms with Crippen LogP contribution in [0.15, 0.2) is 34.8 Å². The first-order valence-corrected chi connectivity index (χ1v) is 8.01. The Kier molecular flexibility index (Phi) is 5.22. The van der Waals surface area contributed by atoms with Crippen molar-refractivity contribution in [2.45, 2.75) is 11.4 Å². The molecule has 1 aromatic heterocycles. The lowest BCUT2D eigenvalue weighted by atomic mass is 10.1. The molecule has 0 fully saturated rings. The molecule has 1 heterocycles. The fourth-order valence-electron chi connectivity index (χ4n) is 1.47. The number of ether oxygens (including phenoxy) is 1. The second-order valence-electron chi connectivity index (χ2n) is 3.58. The summed E-state index contributed by atoms with van der Waals surface area (Å²) >= 11 is 14.4. The summed E-state index contributed by atoms with van der Waals surface area (Å²) < 4.78 is 29.9. The Labute approximate surface area is 134 Å². The van der Waals surface area contributed by atoms with Crippen LogP contribution in [0.1, 0.15) is 15.3 Å². The average molecular weight is 433 g/mol. The molecule has 1 nitrogen and oxygen atoms in total. The predicted molar refractivity (Wildman–Crippen MR) is 80.9 cm³/mol. The van der Waals surface area contributed by atoms with Crippen LogP contribution in [0, 0.1) is 0 Å². The molecule has 0 bridgehead atoms. The summed E-state index contributed by atoms with van der Waals surface area (Å²) in [4.78, 5) is 0.987. The first-order valence-electron chi connectivity index (χ1n) is 5.11. The zero-order valence-corrected chi connectivity index (χ0v) is 14.0. The Balaban J connectivity index is 2.17. The quantitative estimate of drug-likeness (QED) is 0.519. The van der Waals surface area contributed by atoms with Crippen molar-refractivity contribution in [2.24, 2.45) is 0 Å². The van der Waals surface area contributed by atoms with Gasteiger partial charge in [-0.2, -0.15) is 8.78 Å². The van der Waals surface area contributed by atoms with Gasteiger partial charge < -0.3 is 4.74 Å². The monoisotopic (exact) mass is 430 g/mol. The highest BCUT2D eigenvalue weighted by Crippen LogP contribution is 2.41. The number of hydrogen-bond acceptors (Lipinski definition) is 2. The topological polar surface area (TPSA) is 9.23 Å². The molecule has 1 atom stereocenters. The van der Waals surface area contributed by atoms with Gasteiger partial charge in [-0.15, -0.1) is 11.3 Å². The van der Waals surface area contributed by atoms with Crippen molar-refractivity contribution < 1.29 is 13.5 Å². The summed E-state index contributed by atoms with van der Waals surface area (Å²) in [6, 6.07) is 8.42. The Bertz CT molecular complexity index is 540. The molecule has 2 rings (SSSR count). The molecule has 0 saturated carbocycles. The summed E-state index contributed by atoms with van der Waals surface area (Å²) in [6.07, 6.45) is 0. The molecular weight excluding hydrogens is 425 g/mol. The molecule has 0 aliphatic rings. The second-order valence-corrected chi connectivity index (χ2v) is 7.04. The highest BCUT2D eigenvalue weighted by molar-refractivity contribution is 9.10. The van der Waals surface area contributed by atoms with Gasteiger partial charge in [0.05, 0.1) is 4.83 Å². The van der Waals surface area contributed by atoms with E-state index < -0.39 is 6.61 Å². The fraction of sp³-hybridized carbons (Fsp3) is 0.167. The van der Waals surface area contributed by atoms with Crippen molar-refractivity contribution in [3.05, 3.63) is 49.6 Å². The van der Waals surface area contributed by atoms with Gasteiger partial charge in [0.2, 0.25) is 0 Å². The zero-order valence-electron chi connectivity index (χ0n) is 9.25. The summed E-state index contributed by atoms with van der Waals surface area (Å²) in [5.41, 5.74) is 0.937. The van der Waals surface area contributed by atoms with E-state index in [1.807, 2.05) is 6.07 Å². The lowest BCUT2D eigenvalue weighted by Gasteiger charge is -2.09. The van der Waals surface area contributed by atoms with Gasteiger partial charge in [-0.3, -0.25) is 0 Å². The maximum absolute atomic E-state index is 12.0. The summed E-state index contributed by atoms with van der Waals surface area (Å²) in [5.74, 6) is 0.142. The van der Waals surface area contributed by atoms with Crippen LogP contribution in [0.2, 0.25) is 4.34 Å². The third kappa shape index (κ3) is 3.90. The Morgan fingerprint density at radius 1 is 1.21 bits per heavy atom. The molecule has 19 heavy (non-hydrogen) atoms. The molecule has 0 N–H and O–H groups in total. The highest BCUT2D eigenvalue weighted by Gasteiger charge is 2.15. The number of benzene rings is 1. The van der Waals surface area contributed by atoms with E-state index >= 15 is 0 Å². The van der Waals surface area contributed by atoms with Crippen molar-refractivity contribution in [3.63, 3.8) is 0 Å². The Hall–Kier alpha value is -0.170. The van der Waals surface area contributed by atoms with E-state index in [1.165, 1.54) is 23.5 Å². The van der Waals surface area contributed by atoms with Crippen LogP contribution in [0.3, 0.4) is 0 Å². The third-order valence-corrected chi connectivity index (χ3v) is 6.18. The van der Waals surface area contributed by atoms with Crippen LogP contribution in [0.5, 0.6) is 5.75 Å². The molecule has 2 aromatic rings. The zero-order chi connectivity index (χ0) is 14.0. The van der Waals surface area contributed by atoms with Crippen LogP contribution in [0.4, 0.5) is 8.78 Å². The third-order valence-electron chi connectivity index (χ3n) is 2.31. The van der Waals surface area contributed by atoms with Crippen LogP contribution in [-0.2, 0) is 0 Å². The van der Waals surface area contributed by atoms with E-state index in [1.54, 1.807) is 12.1 Å². The van der Waals surface area contributed by atoms with Gasteiger partial charge in [0, 0.05) is 9.35 Å². The molecule has 0 aliphatic heterocycles. The summed E-state index contributed by atoms with van der Waals surface area (Å²) in [6.45, 7) is -2.81. The number of thiophene rings is 1. The highest BCUT2D eigenvalue weighted by atomic mass is 79.9. The lowest BCUT2D eigenvalue weighted by Crippen LogP contribution is -2.01. The summed E-state index contributed by atoms with van der Waals surface area (Å²) in [5, 5.41) is 0. The van der Waals surface area contributed by atoms with E-state index in [-0.39, 0.29) is 10.6 Å². The predicted octanol–water partition coefficient (Wildman–Crippen LogP) is 6.25. The largest absolute Gasteiger partial charge is 0.435 e. The lowest BCUT2D eigenvalue weighted by molar-refractivity contribution is -0.0498. The Morgan fingerprint density at radius 2 is 1.84 bits per heavy atom. The van der Waals surface area contributed by atoms with Gasteiger partial charge >= 0.3 is 6.61 Å². The summed E-state index contributed by atoms with van der Waals surface area (Å²) in [7, 11) is 0. The number of rotatable bonds is 4. The first-order chi connectivity index (χ1) is 8.97. The van der Waals surface area contributed by atoms with Gasteiger partial charge in [0.15, 0.2) is 0 Å². The van der Waals surface area contributed by atoms with Gasteiger partial charge in [-0.1, -0.05) is 39.7 Å². The average Bonchev–Trinajstić information content (AvgIpc) is 2.69. The molecule has 0 aliphatic carbocycles. The van der Waals surface area contributed by atoms with E-state index in [0.717, 1.165) is 14.9 Å². The molecule has 7 heteroatoms. The molecule has 1 unspecified atom stereocenters. The van der Waals surface area contributed by atoms with E-state index in [4.69, 9.17) is 11.6 Å². The molecule has 0 radical (unpaired) electrons. The van der Waals surface area contributed by atoms with E-state index in [9.17, 15) is 8.78 Å². The fourth-order valence-corrected chi connectivity index (χ4v) is 3.93. The molecule has 0 saturated heterocycles. The first kappa shape index (κ1) is 15.2. The van der Waals surface area contributed by atoms with Crippen LogP contribution < -0.4 is 4.74 Å². The minimum atomic E-state index is -2.81. The van der Waals surface area contributed by atoms with Crippen molar-refractivity contribution in [1.29, 1.82) is 0 Å². The maximum atomic E-state index is 12.0. The van der Waals surface area contributed by atoms with Gasteiger partial charge in [0.25, 0.3) is 0 Å². The normalized spacial score (nSPS) is 12.7. The smallest absolute Gasteiger partial charge is 0.387 e. The SMILES string of the molecule is FC(F)Oc1ccc(C(Br)c2cc(Br)c(Cl)s2)cc1. The molecule has 0 spiro atoms. The number of alkyl halides is 3. The molecule has 1 aromatic carbocycles. The van der Waals surface area contributed by atoms with Gasteiger partial charge in [0.1, 0.15) is 10.1 Å². The van der Waals surface area contributed by atoms with Crippen LogP contribution in [-0.4, -0.2) is 6.61 Å². The van der Waals surface area contributed by atoms with E-state index in [0.29, 0.717) is 4.34 Å². The van der Waals surface area contributed by atoms with Crippen LogP contribution in [0.25, 0.3) is 0 Å². The molecule has 102 valence electrons. The molecule has 0 amide bonds. The maximum Gasteiger partial charge on any atom is 0.387 e. The number of halogens is 5. The number of hydrogen-bond donors (Lipinski definition) is 0. The molecular formula is C12H7Br2ClF2OS. The van der Waals surface area contributed by atoms with Crippen molar-refractivity contribution in [2.75, 3.05) is 0 Å². The van der Waals surface area contributed by atoms with Crippen molar-refractivity contribution >= 4 is 54.8 Å². The minimum absolute atomic E-state index is 0.0399. The van der Waals surface area contributed by atoms with Crippen molar-refractivity contribution in [3.8, 4) is 5.75 Å². The van der Waals surface area contributed by atoms with E-state index in [2.05, 4.69) is 36.6 Å². The van der Waals surface area contributed by atoms with Crippen LogP contribution >= 0.6 is 54.8 Å². The van der Waals surface area contributed by atoms with Crippen molar-refractivity contribution in [1.82, 2.24) is 0 Å². The standard InChI is InChI=1S/C12H7Br2ClF2OS/c13-8-5-9(19-11(8)15)10(14)6-1-3-7(4-2-6)18-12(16)17/h1-5,10,12H.